The summed E-state index contributed by atoms with van der Waals surface area (Å²) in [6.45, 7) is 4.94. The summed E-state index contributed by atoms with van der Waals surface area (Å²) in [7, 11) is 0. The molecule has 0 atom stereocenters. The molecule has 0 amide bonds. The Hall–Kier alpha value is -0.820. The van der Waals surface area contributed by atoms with E-state index in [1.807, 2.05) is 0 Å². The third kappa shape index (κ3) is 1.86. The number of hydrogen-bond acceptors (Lipinski definition) is 1. The van der Waals surface area contributed by atoms with Crippen molar-refractivity contribution in [3.63, 3.8) is 0 Å². The van der Waals surface area contributed by atoms with Crippen LogP contribution in [0.2, 0.25) is 0 Å². The molecule has 65 valence electrons. The molecule has 0 aromatic heterocycles. The van der Waals surface area contributed by atoms with Crippen LogP contribution in [0.15, 0.2) is 12.1 Å². The van der Waals surface area contributed by atoms with Crippen LogP contribution in [0.3, 0.4) is 0 Å². The van der Waals surface area contributed by atoms with Crippen LogP contribution in [0, 0.1) is 6.07 Å². The van der Waals surface area contributed by atoms with E-state index in [0.717, 1.165) is 18.4 Å². The molecular weight excluding hydrogens is 146 g/mol. The summed E-state index contributed by atoms with van der Waals surface area (Å²) in [6, 6.07) is 7.42. The fraction of sp³-hybridized carbons (Fsp3) is 0.455. The first kappa shape index (κ1) is 9.27. The lowest BCUT2D eigenvalue weighted by atomic mass is 10.0. The molecular formula is C11H16N. The van der Waals surface area contributed by atoms with E-state index < -0.39 is 0 Å². The Morgan fingerprint density at radius 3 is 2.42 bits per heavy atom. The first-order valence-corrected chi connectivity index (χ1v) is 4.54. The van der Waals surface area contributed by atoms with E-state index in [9.17, 15) is 0 Å². The number of rotatable bonds is 3. The summed E-state index contributed by atoms with van der Waals surface area (Å²) in [4.78, 5) is 0. The van der Waals surface area contributed by atoms with Crippen molar-refractivity contribution in [2.24, 2.45) is 5.73 Å². The van der Waals surface area contributed by atoms with Crippen LogP contribution in [-0.2, 0) is 19.4 Å². The zero-order chi connectivity index (χ0) is 8.97. The van der Waals surface area contributed by atoms with Crippen LogP contribution >= 0.6 is 0 Å². The summed E-state index contributed by atoms with van der Waals surface area (Å²) in [5.41, 5.74) is 9.46. The molecule has 1 radical (unpaired) electrons. The van der Waals surface area contributed by atoms with E-state index in [4.69, 9.17) is 5.73 Å². The molecule has 1 heteroatoms. The van der Waals surface area contributed by atoms with Gasteiger partial charge in [0.15, 0.2) is 0 Å². The fourth-order valence-corrected chi connectivity index (χ4v) is 1.39. The molecule has 1 aromatic carbocycles. The third-order valence-electron chi connectivity index (χ3n) is 2.17. The van der Waals surface area contributed by atoms with Gasteiger partial charge in [0, 0.05) is 6.54 Å². The van der Waals surface area contributed by atoms with Gasteiger partial charge in [0.05, 0.1) is 0 Å². The highest BCUT2D eigenvalue weighted by molar-refractivity contribution is 5.31. The van der Waals surface area contributed by atoms with Gasteiger partial charge in [-0.3, -0.25) is 0 Å². The molecule has 0 heterocycles. The zero-order valence-corrected chi connectivity index (χ0v) is 7.85. The lowest BCUT2D eigenvalue weighted by Crippen LogP contribution is -1.99. The van der Waals surface area contributed by atoms with E-state index in [0.29, 0.717) is 6.54 Å². The van der Waals surface area contributed by atoms with E-state index in [-0.39, 0.29) is 0 Å². The third-order valence-corrected chi connectivity index (χ3v) is 2.17. The Morgan fingerprint density at radius 1 is 1.25 bits per heavy atom. The second-order valence-corrected chi connectivity index (χ2v) is 2.92. The number of benzene rings is 1. The van der Waals surface area contributed by atoms with Crippen LogP contribution in [0.4, 0.5) is 0 Å². The molecule has 0 fully saturated rings. The molecule has 1 nitrogen and oxygen atoms in total. The first-order valence-electron chi connectivity index (χ1n) is 4.54. The van der Waals surface area contributed by atoms with Gasteiger partial charge in [0.25, 0.3) is 0 Å². The summed E-state index contributed by atoms with van der Waals surface area (Å²) in [5.74, 6) is 0. The molecule has 0 bridgehead atoms. The predicted octanol–water partition coefficient (Wildman–Crippen LogP) is 2.07. The van der Waals surface area contributed by atoms with Gasteiger partial charge in [0.1, 0.15) is 0 Å². The minimum atomic E-state index is 0.594. The monoisotopic (exact) mass is 162 g/mol. The molecule has 0 spiro atoms. The van der Waals surface area contributed by atoms with Gasteiger partial charge in [-0.15, -0.1) is 0 Å². The molecule has 2 N–H and O–H groups in total. The van der Waals surface area contributed by atoms with Gasteiger partial charge in [-0.2, -0.15) is 0 Å². The Morgan fingerprint density at radius 2 is 1.92 bits per heavy atom. The van der Waals surface area contributed by atoms with Crippen molar-refractivity contribution >= 4 is 0 Å². The highest BCUT2D eigenvalue weighted by atomic mass is 14.5. The molecule has 0 unspecified atom stereocenters. The van der Waals surface area contributed by atoms with Crippen molar-refractivity contribution in [3.05, 3.63) is 34.9 Å². The lowest BCUT2D eigenvalue weighted by Gasteiger charge is -2.06. The highest BCUT2D eigenvalue weighted by Gasteiger charge is 1.99. The predicted molar refractivity (Wildman–Crippen MR) is 51.9 cm³/mol. The van der Waals surface area contributed by atoms with Crippen LogP contribution in [0.5, 0.6) is 0 Å². The number of nitrogens with two attached hydrogens (primary N) is 1. The van der Waals surface area contributed by atoms with Gasteiger partial charge in [-0.25, -0.2) is 0 Å². The SMILES string of the molecule is CCc1c[c]c(CN)cc1CC. The maximum absolute atomic E-state index is 5.53. The maximum atomic E-state index is 5.53. The van der Waals surface area contributed by atoms with Gasteiger partial charge in [-0.1, -0.05) is 26.0 Å². The van der Waals surface area contributed by atoms with Gasteiger partial charge in [0.2, 0.25) is 0 Å². The highest BCUT2D eigenvalue weighted by Crippen LogP contribution is 2.12. The number of hydrogen-bond donors (Lipinski definition) is 1. The first-order chi connectivity index (χ1) is 5.81. The average Bonchev–Trinajstić information content (AvgIpc) is 2.16. The Bertz CT molecular complexity index is 253. The zero-order valence-electron chi connectivity index (χ0n) is 7.85. The van der Waals surface area contributed by atoms with Gasteiger partial charge < -0.3 is 5.73 Å². The molecule has 0 saturated carbocycles. The quantitative estimate of drug-likeness (QED) is 0.723. The summed E-state index contributed by atoms with van der Waals surface area (Å²) >= 11 is 0. The topological polar surface area (TPSA) is 26.0 Å². The van der Waals surface area contributed by atoms with Gasteiger partial charge >= 0.3 is 0 Å². The Labute approximate surface area is 74.6 Å². The van der Waals surface area contributed by atoms with Crippen molar-refractivity contribution in [2.75, 3.05) is 0 Å². The smallest absolute Gasteiger partial charge is 0.0184 e. The summed E-state index contributed by atoms with van der Waals surface area (Å²) < 4.78 is 0. The second-order valence-electron chi connectivity index (χ2n) is 2.92. The minimum absolute atomic E-state index is 0.594. The normalized spacial score (nSPS) is 10.2. The van der Waals surface area contributed by atoms with Crippen molar-refractivity contribution in [2.45, 2.75) is 33.2 Å². The second kappa shape index (κ2) is 4.27. The van der Waals surface area contributed by atoms with E-state index >= 15 is 0 Å². The number of aryl methyl sites for hydroxylation is 2. The van der Waals surface area contributed by atoms with Crippen LogP contribution in [0.1, 0.15) is 30.5 Å². The molecule has 12 heavy (non-hydrogen) atoms. The van der Waals surface area contributed by atoms with Crippen LogP contribution in [-0.4, -0.2) is 0 Å². The van der Waals surface area contributed by atoms with E-state index in [1.54, 1.807) is 0 Å². The average molecular weight is 162 g/mol. The molecule has 0 aliphatic rings. The lowest BCUT2D eigenvalue weighted by molar-refractivity contribution is 0.999. The Balaban J connectivity index is 3.02. The Kier molecular flexibility index (Phi) is 3.30. The van der Waals surface area contributed by atoms with Crippen molar-refractivity contribution < 1.29 is 0 Å². The van der Waals surface area contributed by atoms with Crippen molar-refractivity contribution in [3.8, 4) is 0 Å². The van der Waals surface area contributed by atoms with Crippen molar-refractivity contribution in [1.82, 2.24) is 0 Å². The molecule has 0 aliphatic heterocycles. The van der Waals surface area contributed by atoms with Gasteiger partial charge in [-0.05, 0) is 35.6 Å². The molecule has 1 rings (SSSR count). The summed E-state index contributed by atoms with van der Waals surface area (Å²) in [5, 5.41) is 0. The summed E-state index contributed by atoms with van der Waals surface area (Å²) in [6.07, 6.45) is 2.18. The molecule has 0 aliphatic carbocycles. The van der Waals surface area contributed by atoms with Crippen molar-refractivity contribution in [1.29, 1.82) is 0 Å². The largest absolute Gasteiger partial charge is 0.326 e. The maximum Gasteiger partial charge on any atom is 0.0184 e. The van der Waals surface area contributed by atoms with E-state index in [1.165, 1.54) is 11.1 Å². The van der Waals surface area contributed by atoms with Crippen LogP contribution in [0.25, 0.3) is 0 Å². The molecule has 0 saturated heterocycles. The van der Waals surface area contributed by atoms with E-state index in [2.05, 4.69) is 32.0 Å². The van der Waals surface area contributed by atoms with Crippen LogP contribution < -0.4 is 5.73 Å². The fourth-order valence-electron chi connectivity index (χ4n) is 1.39. The molecule has 1 aromatic rings. The minimum Gasteiger partial charge on any atom is -0.326 e. The standard InChI is InChI=1S/C11H16N/c1-3-10-6-5-9(8-12)7-11(10)4-2/h6-7H,3-4,8,12H2,1-2H3.